The molecule has 0 saturated carbocycles. The number of halogens is 16. The Morgan fingerprint density at radius 2 is 1.18 bits per heavy atom. The Hall–Kier alpha value is -2.44. The lowest BCUT2D eigenvalue weighted by Crippen LogP contribution is -2.74. The van der Waals surface area contributed by atoms with Gasteiger partial charge in [0.25, 0.3) is 0 Å². The van der Waals surface area contributed by atoms with Gasteiger partial charge in [-0.2, -0.15) is 61.5 Å². The Morgan fingerprint density at radius 3 is 1.58 bits per heavy atom. The van der Waals surface area contributed by atoms with E-state index in [0.29, 0.717) is 12.5 Å². The average Bonchev–Trinajstić information content (AvgIpc) is 3.19. The molecule has 0 amide bonds. The van der Waals surface area contributed by atoms with E-state index < -0.39 is 60.6 Å². The van der Waals surface area contributed by atoms with Crippen molar-refractivity contribution in [3.63, 3.8) is 0 Å². The molecule has 4 nitrogen and oxygen atoms in total. The van der Waals surface area contributed by atoms with Gasteiger partial charge >= 0.3 is 54.0 Å². The van der Waals surface area contributed by atoms with Gasteiger partial charge in [0.05, 0.1) is 0 Å². The van der Waals surface area contributed by atoms with Crippen LogP contribution in [0.15, 0.2) is 18.7 Å². The van der Waals surface area contributed by atoms with Crippen LogP contribution in [-0.2, 0) is 4.74 Å². The number of imidazole rings is 1. The lowest BCUT2D eigenvalue weighted by molar-refractivity contribution is -0.447. The zero-order valence-electron chi connectivity index (χ0n) is 14.8. The molecule has 0 radical (unpaired) electrons. The molecule has 0 aliphatic heterocycles. The Balaban J connectivity index is 3.38. The van der Waals surface area contributed by atoms with Crippen LogP contribution in [0.3, 0.4) is 0 Å². The first-order valence-corrected chi connectivity index (χ1v) is 7.51. The highest BCUT2D eigenvalue weighted by molar-refractivity contribution is 5.70. The number of rotatable bonds is 9. The third kappa shape index (κ3) is 4.04. The molecule has 0 atom stereocenters. The minimum Gasteiger partial charge on any atom is -0.442 e. The highest BCUT2D eigenvalue weighted by Gasteiger charge is 2.93. The Bertz CT molecular complexity index is 835. The van der Waals surface area contributed by atoms with E-state index in [2.05, 4.69) is 9.72 Å². The normalized spacial score (nSPS) is 15.2. The van der Waals surface area contributed by atoms with E-state index in [1.165, 1.54) is 0 Å². The summed E-state index contributed by atoms with van der Waals surface area (Å²) in [6.07, 6.45) is -6.15. The van der Waals surface area contributed by atoms with Crippen molar-refractivity contribution in [2.75, 3.05) is 6.61 Å². The molecule has 0 unspecified atom stereocenters. The van der Waals surface area contributed by atoms with Crippen LogP contribution in [0.4, 0.5) is 75.0 Å². The fourth-order valence-corrected chi connectivity index (χ4v) is 1.85. The first kappa shape index (κ1) is 28.6. The van der Waals surface area contributed by atoms with Gasteiger partial charge in [0.1, 0.15) is 6.33 Å². The molecule has 0 aliphatic carbocycles. The standard InChI is InChI=1S/C13H6F16N2O2/c14-5(15)8(18,19)10(22,23)12(26,27)13(28,29)11(24,25)9(20,21)7(16,17)3-33-6(32)31-2-1-30-4-31/h1-2,4-5H,3H2. The van der Waals surface area contributed by atoms with Crippen LogP contribution in [-0.4, -0.2) is 70.1 Å². The lowest BCUT2D eigenvalue weighted by atomic mass is 9.89. The highest BCUT2D eigenvalue weighted by atomic mass is 19.4. The van der Waals surface area contributed by atoms with Gasteiger partial charge in [0.2, 0.25) is 0 Å². The maximum atomic E-state index is 13.5. The number of carbonyl (C=O) groups is 1. The third-order valence-corrected chi connectivity index (χ3v) is 3.82. The fourth-order valence-electron chi connectivity index (χ4n) is 1.85. The van der Waals surface area contributed by atoms with E-state index in [0.717, 1.165) is 6.20 Å². The molecule has 1 rings (SSSR count). The lowest BCUT2D eigenvalue weighted by Gasteiger charge is -2.42. The fraction of sp³-hybridized carbons (Fsp3) is 0.692. The molecule has 1 aromatic rings. The first-order valence-electron chi connectivity index (χ1n) is 7.51. The summed E-state index contributed by atoms with van der Waals surface area (Å²) >= 11 is 0. The van der Waals surface area contributed by atoms with Crippen molar-refractivity contribution in [3.05, 3.63) is 18.7 Å². The number of aromatic nitrogens is 2. The maximum absolute atomic E-state index is 13.5. The number of carbonyl (C=O) groups excluding carboxylic acids is 1. The molecular weight excluding hydrogens is 520 g/mol. The Labute approximate surface area is 170 Å². The van der Waals surface area contributed by atoms with E-state index in [9.17, 15) is 75.0 Å². The number of alkyl halides is 16. The summed E-state index contributed by atoms with van der Waals surface area (Å²) in [6.45, 7) is -3.25. The van der Waals surface area contributed by atoms with Crippen LogP contribution in [0.2, 0.25) is 0 Å². The molecule has 0 N–H and O–H groups in total. The number of hydrogen-bond acceptors (Lipinski definition) is 3. The molecule has 0 aliphatic rings. The number of ether oxygens (including phenoxy) is 1. The van der Waals surface area contributed by atoms with Crippen LogP contribution in [0.1, 0.15) is 0 Å². The van der Waals surface area contributed by atoms with Gasteiger partial charge in [-0.25, -0.2) is 23.1 Å². The van der Waals surface area contributed by atoms with Gasteiger partial charge in [-0.05, 0) is 0 Å². The minimum atomic E-state index is -8.50. The van der Waals surface area contributed by atoms with Crippen LogP contribution >= 0.6 is 0 Å². The van der Waals surface area contributed by atoms with Gasteiger partial charge in [0.15, 0.2) is 6.61 Å². The van der Waals surface area contributed by atoms with Crippen molar-refractivity contribution in [2.24, 2.45) is 0 Å². The van der Waals surface area contributed by atoms with E-state index in [-0.39, 0.29) is 4.57 Å². The van der Waals surface area contributed by atoms with Crippen molar-refractivity contribution < 1.29 is 79.8 Å². The summed E-state index contributed by atoms with van der Waals surface area (Å²) in [5.74, 6) is -55.4. The van der Waals surface area contributed by atoms with Crippen LogP contribution < -0.4 is 0 Å². The summed E-state index contributed by atoms with van der Waals surface area (Å²) in [6, 6.07) is 0. The molecular formula is C13H6F16N2O2. The number of hydrogen-bond donors (Lipinski definition) is 0. The molecule has 1 aromatic heterocycles. The van der Waals surface area contributed by atoms with Crippen molar-refractivity contribution in [2.45, 2.75) is 47.9 Å². The van der Waals surface area contributed by atoms with Crippen molar-refractivity contribution >= 4 is 6.09 Å². The first-order chi connectivity index (χ1) is 14.4. The average molecular weight is 526 g/mol. The maximum Gasteiger partial charge on any atom is 0.419 e. The molecule has 0 fully saturated rings. The minimum absolute atomic E-state index is 0.0993. The van der Waals surface area contributed by atoms with Gasteiger partial charge < -0.3 is 4.74 Å². The summed E-state index contributed by atoms with van der Waals surface area (Å²) in [7, 11) is 0. The molecule has 192 valence electrons. The molecule has 0 saturated heterocycles. The summed E-state index contributed by atoms with van der Waals surface area (Å²) in [4.78, 5) is 14.3. The smallest absolute Gasteiger partial charge is 0.419 e. The number of nitrogens with zero attached hydrogens (tertiary/aromatic N) is 2. The van der Waals surface area contributed by atoms with Gasteiger partial charge in [-0.15, -0.1) is 0 Å². The molecule has 0 spiro atoms. The Kier molecular flexibility index (Phi) is 7.02. The van der Waals surface area contributed by atoms with Crippen LogP contribution in [0, 0.1) is 0 Å². The molecule has 33 heavy (non-hydrogen) atoms. The zero-order chi connectivity index (χ0) is 26.5. The summed E-state index contributed by atoms with van der Waals surface area (Å²) in [5, 5.41) is 0. The van der Waals surface area contributed by atoms with E-state index >= 15 is 0 Å². The van der Waals surface area contributed by atoms with Crippen molar-refractivity contribution in [1.29, 1.82) is 0 Å². The largest absolute Gasteiger partial charge is 0.442 e. The molecule has 20 heteroatoms. The van der Waals surface area contributed by atoms with Crippen molar-refractivity contribution in [1.82, 2.24) is 9.55 Å². The second kappa shape index (κ2) is 8.10. The third-order valence-electron chi connectivity index (χ3n) is 3.82. The van der Waals surface area contributed by atoms with Crippen molar-refractivity contribution in [3.8, 4) is 0 Å². The van der Waals surface area contributed by atoms with Gasteiger partial charge in [-0.1, -0.05) is 0 Å². The molecule has 1 heterocycles. The zero-order valence-corrected chi connectivity index (χ0v) is 14.8. The second-order valence-electron chi connectivity index (χ2n) is 6.02. The summed E-state index contributed by atoms with van der Waals surface area (Å²) in [5.41, 5.74) is 0. The summed E-state index contributed by atoms with van der Waals surface area (Å²) < 4.78 is 213. The van der Waals surface area contributed by atoms with E-state index in [4.69, 9.17) is 0 Å². The predicted octanol–water partition coefficient (Wildman–Crippen LogP) is 5.58. The van der Waals surface area contributed by atoms with E-state index in [1.807, 2.05) is 0 Å². The van der Waals surface area contributed by atoms with Gasteiger partial charge in [0, 0.05) is 12.4 Å². The quantitative estimate of drug-likeness (QED) is 0.395. The molecule has 0 bridgehead atoms. The second-order valence-corrected chi connectivity index (χ2v) is 6.02. The predicted molar refractivity (Wildman–Crippen MR) is 69.6 cm³/mol. The SMILES string of the molecule is O=C(OCC(F)(F)C(F)(F)C(F)(F)C(F)(F)C(F)(F)C(F)(F)C(F)(F)C(F)F)n1ccnc1. The van der Waals surface area contributed by atoms with Crippen LogP contribution in [0.25, 0.3) is 0 Å². The topological polar surface area (TPSA) is 44.1 Å². The van der Waals surface area contributed by atoms with E-state index in [1.54, 1.807) is 0 Å². The monoisotopic (exact) mass is 526 g/mol. The Morgan fingerprint density at radius 1 is 0.758 bits per heavy atom. The highest BCUT2D eigenvalue weighted by Crippen LogP contribution is 2.62. The van der Waals surface area contributed by atoms with Crippen LogP contribution in [0.5, 0.6) is 0 Å². The molecule has 0 aromatic carbocycles. The van der Waals surface area contributed by atoms with Gasteiger partial charge in [-0.3, -0.25) is 0 Å².